The van der Waals surface area contributed by atoms with Gasteiger partial charge < -0.3 is 19.5 Å². The van der Waals surface area contributed by atoms with E-state index in [4.69, 9.17) is 17.3 Å². The van der Waals surface area contributed by atoms with Crippen LogP contribution in [-0.2, 0) is 30.4 Å². The van der Waals surface area contributed by atoms with Crippen LogP contribution < -0.4 is 0 Å². The molecule has 8 atom stereocenters. The molecule has 1 aliphatic rings. The lowest BCUT2D eigenvalue weighted by molar-refractivity contribution is -0.146. The first kappa shape index (κ1) is 40.6. The van der Waals surface area contributed by atoms with Gasteiger partial charge in [0.1, 0.15) is 23.0 Å². The standard InChI is InChI=1S/C36H55BN6O7/c1-10-24(3)36(8)32(42(34(48)50-36)18-14-13-17-41-22-29(39-40-41)28-15-11-12-16-38-28)26(5)43(27(6)44)21-23(2)20-35(7,49-9)31(37)19-30(45)25(4)33(46)47/h11-12,15-16,22-26,31-32H,10,13-14,17-21H2,1-9H3,(H,46,47)/t23-,24-,25-,26-,31-,32-,35+,36-/m1/s1. The van der Waals surface area contributed by atoms with Gasteiger partial charge in [0.05, 0.1) is 37.4 Å². The average molecular weight is 695 g/mol. The summed E-state index contributed by atoms with van der Waals surface area (Å²) in [5.41, 5.74) is -0.347. The van der Waals surface area contributed by atoms with Crippen molar-refractivity contribution in [2.24, 2.45) is 17.8 Å². The number of methoxy groups -OCH3 is 1. The van der Waals surface area contributed by atoms with Crippen LogP contribution in [0.15, 0.2) is 30.6 Å². The van der Waals surface area contributed by atoms with Crippen molar-refractivity contribution in [2.75, 3.05) is 20.2 Å². The highest BCUT2D eigenvalue weighted by Gasteiger charge is 2.56. The number of pyridine rings is 1. The Bertz CT molecular complexity index is 1460. The maximum atomic E-state index is 13.5. The minimum atomic E-state index is -1.20. The van der Waals surface area contributed by atoms with Crippen molar-refractivity contribution in [2.45, 2.75) is 123 Å². The van der Waals surface area contributed by atoms with Crippen molar-refractivity contribution in [3.05, 3.63) is 30.6 Å². The number of Topliss-reactive ketones (excluding diaryl/α,β-unsaturated/α-hetero) is 1. The average Bonchev–Trinajstić information content (AvgIpc) is 3.66. The van der Waals surface area contributed by atoms with Gasteiger partial charge >= 0.3 is 12.1 Å². The maximum absolute atomic E-state index is 13.5. The number of amides is 2. The summed E-state index contributed by atoms with van der Waals surface area (Å²) in [7, 11) is 7.96. The number of unbranched alkanes of at least 4 members (excludes halogenated alkanes) is 1. The van der Waals surface area contributed by atoms with E-state index in [9.17, 15) is 24.3 Å². The van der Waals surface area contributed by atoms with Crippen LogP contribution in [0.25, 0.3) is 11.4 Å². The molecule has 13 nitrogen and oxygen atoms in total. The number of carboxylic acids is 1. The lowest BCUT2D eigenvalue weighted by atomic mass is 9.67. The number of ketones is 1. The van der Waals surface area contributed by atoms with Crippen LogP contribution in [0.3, 0.4) is 0 Å². The third-order valence-electron chi connectivity index (χ3n) is 10.7. The number of carboxylic acid groups (broad SMARTS) is 1. The van der Waals surface area contributed by atoms with Crippen molar-refractivity contribution in [1.29, 1.82) is 0 Å². The van der Waals surface area contributed by atoms with Crippen LogP contribution in [0.2, 0.25) is 5.82 Å². The molecule has 274 valence electrons. The van der Waals surface area contributed by atoms with Gasteiger partial charge in [0.15, 0.2) is 0 Å². The summed E-state index contributed by atoms with van der Waals surface area (Å²) in [5.74, 6) is -3.82. The molecule has 1 saturated heterocycles. The zero-order chi connectivity index (χ0) is 37.4. The highest BCUT2D eigenvalue weighted by Crippen LogP contribution is 2.41. The van der Waals surface area contributed by atoms with Crippen LogP contribution in [0.5, 0.6) is 0 Å². The van der Waals surface area contributed by atoms with Gasteiger partial charge in [0, 0.05) is 46.3 Å². The second kappa shape index (κ2) is 17.4. The van der Waals surface area contributed by atoms with Gasteiger partial charge in [-0.1, -0.05) is 32.1 Å². The number of hydrogen-bond acceptors (Lipinski definition) is 9. The SMILES string of the molecule is [B][C@H](CC(=O)[C@@H](C)C(=O)O)[C@](C)(C[C@@H](C)CN(C(C)=O)[C@H](C)[C@H]1N(CCCCn2cc(-c3ccccn3)nn2)C(=O)O[C@]1(C)[C@H](C)CC)OC. The molecule has 3 heterocycles. The molecule has 2 aromatic rings. The monoisotopic (exact) mass is 694 g/mol. The van der Waals surface area contributed by atoms with Gasteiger partial charge in [-0.3, -0.25) is 28.9 Å². The quantitative estimate of drug-likeness (QED) is 0.113. The fraction of sp³-hybridized carbons (Fsp3) is 0.694. The summed E-state index contributed by atoms with van der Waals surface area (Å²) < 4.78 is 13.8. The van der Waals surface area contributed by atoms with E-state index < -0.39 is 52.9 Å². The van der Waals surface area contributed by atoms with E-state index >= 15 is 0 Å². The summed E-state index contributed by atoms with van der Waals surface area (Å²) in [6, 6.07) is 4.83. The van der Waals surface area contributed by atoms with Gasteiger partial charge in [-0.2, -0.15) is 0 Å². The number of carbonyl (C=O) groups is 4. The number of aryl methyl sites for hydroxylation is 1. The Morgan fingerprint density at radius 2 is 1.84 bits per heavy atom. The highest BCUT2D eigenvalue weighted by atomic mass is 16.6. The Labute approximate surface area is 297 Å². The Balaban J connectivity index is 1.74. The molecule has 0 saturated carbocycles. The summed E-state index contributed by atoms with van der Waals surface area (Å²) in [6.45, 7) is 16.1. The molecule has 0 aromatic carbocycles. The minimum absolute atomic E-state index is 0.0239. The molecule has 2 amide bonds. The molecule has 14 heteroatoms. The van der Waals surface area contributed by atoms with Crippen LogP contribution >= 0.6 is 0 Å². The minimum Gasteiger partial charge on any atom is -0.481 e. The van der Waals surface area contributed by atoms with E-state index in [2.05, 4.69) is 29.1 Å². The molecule has 1 N–H and O–H groups in total. The van der Waals surface area contributed by atoms with Crippen molar-refractivity contribution in [1.82, 2.24) is 29.8 Å². The smallest absolute Gasteiger partial charge is 0.410 e. The van der Waals surface area contributed by atoms with E-state index in [0.29, 0.717) is 38.2 Å². The molecular formula is C36H55BN6O7. The molecule has 3 rings (SSSR count). The highest BCUT2D eigenvalue weighted by molar-refractivity contribution is 6.15. The predicted octanol–water partition coefficient (Wildman–Crippen LogP) is 5.05. The van der Waals surface area contributed by atoms with Crippen molar-refractivity contribution in [3.8, 4) is 11.4 Å². The first-order chi connectivity index (χ1) is 23.5. The fourth-order valence-corrected chi connectivity index (χ4v) is 7.07. The number of rotatable bonds is 20. The Hall–Kier alpha value is -3.81. The molecule has 1 fully saturated rings. The first-order valence-corrected chi connectivity index (χ1v) is 17.6. The van der Waals surface area contributed by atoms with Crippen molar-refractivity contribution < 1.29 is 33.8 Å². The third-order valence-corrected chi connectivity index (χ3v) is 10.7. The number of nitrogens with zero attached hydrogens (tertiary/aromatic N) is 6. The Morgan fingerprint density at radius 1 is 1.16 bits per heavy atom. The fourth-order valence-electron chi connectivity index (χ4n) is 7.07. The van der Waals surface area contributed by atoms with Gasteiger partial charge in [0.2, 0.25) is 5.91 Å². The summed E-state index contributed by atoms with van der Waals surface area (Å²) in [4.78, 5) is 58.6. The number of carbonyl (C=O) groups excluding carboxylic acids is 3. The van der Waals surface area contributed by atoms with E-state index in [-0.39, 0.29) is 24.2 Å². The Kier molecular flexibility index (Phi) is 14.1. The summed E-state index contributed by atoms with van der Waals surface area (Å²) >= 11 is 0. The van der Waals surface area contributed by atoms with E-state index in [1.807, 2.05) is 45.2 Å². The molecular weight excluding hydrogens is 639 g/mol. The van der Waals surface area contributed by atoms with Gasteiger partial charge in [0.25, 0.3) is 0 Å². The zero-order valence-corrected chi connectivity index (χ0v) is 31.2. The predicted molar refractivity (Wildman–Crippen MR) is 189 cm³/mol. The molecule has 0 unspecified atom stereocenters. The molecule has 0 aliphatic carbocycles. The summed E-state index contributed by atoms with van der Waals surface area (Å²) in [5, 5.41) is 17.7. The normalized spacial score (nSPS) is 21.8. The zero-order valence-electron chi connectivity index (χ0n) is 31.2. The summed E-state index contributed by atoms with van der Waals surface area (Å²) in [6.07, 6.45) is 5.66. The number of cyclic esters (lactones) is 1. The van der Waals surface area contributed by atoms with Gasteiger partial charge in [-0.05, 0) is 83.2 Å². The Morgan fingerprint density at radius 3 is 2.42 bits per heavy atom. The van der Waals surface area contributed by atoms with Crippen molar-refractivity contribution in [3.63, 3.8) is 0 Å². The van der Waals surface area contributed by atoms with Crippen LogP contribution in [-0.4, -0.2) is 110 Å². The van der Waals surface area contributed by atoms with E-state index in [0.717, 1.165) is 18.5 Å². The first-order valence-electron chi connectivity index (χ1n) is 17.6. The lowest BCUT2D eigenvalue weighted by Crippen LogP contribution is -2.60. The second-order valence-electron chi connectivity index (χ2n) is 14.4. The molecule has 0 bridgehead atoms. The second-order valence-corrected chi connectivity index (χ2v) is 14.4. The van der Waals surface area contributed by atoms with E-state index in [1.54, 1.807) is 27.6 Å². The number of aliphatic carboxylic acids is 1. The lowest BCUT2D eigenvalue weighted by Gasteiger charge is -2.44. The van der Waals surface area contributed by atoms with Crippen LogP contribution in [0, 0.1) is 17.8 Å². The number of ether oxygens (including phenoxy) is 2. The molecule has 50 heavy (non-hydrogen) atoms. The largest absolute Gasteiger partial charge is 0.481 e. The molecule has 0 spiro atoms. The van der Waals surface area contributed by atoms with Crippen LogP contribution in [0.1, 0.15) is 87.5 Å². The molecule has 2 aromatic heterocycles. The van der Waals surface area contributed by atoms with Gasteiger partial charge in [-0.15, -0.1) is 5.10 Å². The number of hydrogen-bond donors (Lipinski definition) is 1. The van der Waals surface area contributed by atoms with Gasteiger partial charge in [-0.25, -0.2) is 4.79 Å². The molecule has 1 aliphatic heterocycles. The topological polar surface area (TPSA) is 157 Å². The van der Waals surface area contributed by atoms with Crippen molar-refractivity contribution >= 4 is 31.6 Å². The van der Waals surface area contributed by atoms with E-state index in [1.165, 1.54) is 21.0 Å². The third kappa shape index (κ3) is 9.49. The maximum Gasteiger partial charge on any atom is 0.410 e. The number of aromatic nitrogens is 4. The molecule has 2 radical (unpaired) electrons. The van der Waals surface area contributed by atoms with Crippen LogP contribution in [0.4, 0.5) is 4.79 Å².